The highest BCUT2D eigenvalue weighted by Gasteiger charge is 2.44. The maximum Gasteiger partial charge on any atom is 0.291 e. The van der Waals surface area contributed by atoms with Crippen LogP contribution < -0.4 is 4.74 Å². The molecular weight excluding hydrogens is 387 g/mol. The van der Waals surface area contributed by atoms with Crippen LogP contribution in [0.3, 0.4) is 0 Å². The van der Waals surface area contributed by atoms with Gasteiger partial charge in [-0.05, 0) is 61.8 Å². The molecule has 1 saturated heterocycles. The highest BCUT2D eigenvalue weighted by Crippen LogP contribution is 2.38. The van der Waals surface area contributed by atoms with Crippen molar-refractivity contribution in [1.82, 2.24) is 19.7 Å². The normalized spacial score (nSPS) is 28.5. The van der Waals surface area contributed by atoms with Crippen molar-refractivity contribution in [2.45, 2.75) is 57.3 Å². The number of benzene rings is 1. The molecule has 1 aromatic carbocycles. The standard InChI is InChI=1S/C22H27FN4O3/c23-16-5-7-17(8-6-16)30-19-11-15-13-26(12-14(15)10-18(19)28)22(29)21-25-24-20-4-2-1-3-9-27(20)21/h5-8,14-15,18-19,28H,1-4,9-13H2/t14-,15+,18+,19+/m0/s1. The summed E-state index contributed by atoms with van der Waals surface area (Å²) in [6.45, 7) is 2.07. The molecule has 4 atom stereocenters. The molecule has 2 aromatic rings. The van der Waals surface area contributed by atoms with Gasteiger partial charge in [0.25, 0.3) is 5.91 Å². The Kier molecular flexibility index (Phi) is 5.18. The van der Waals surface area contributed by atoms with Crippen LogP contribution in [0.4, 0.5) is 4.39 Å². The van der Waals surface area contributed by atoms with Gasteiger partial charge < -0.3 is 19.3 Å². The topological polar surface area (TPSA) is 80.5 Å². The molecule has 3 aliphatic rings. The summed E-state index contributed by atoms with van der Waals surface area (Å²) in [7, 11) is 0. The molecule has 1 aliphatic carbocycles. The zero-order valence-electron chi connectivity index (χ0n) is 16.9. The van der Waals surface area contributed by atoms with Gasteiger partial charge in [0.1, 0.15) is 23.5 Å². The first-order chi connectivity index (χ1) is 14.6. The number of nitrogens with zero attached hydrogens (tertiary/aromatic N) is 4. The van der Waals surface area contributed by atoms with Gasteiger partial charge in [0.2, 0.25) is 5.82 Å². The summed E-state index contributed by atoms with van der Waals surface area (Å²) in [6, 6.07) is 5.86. The molecule has 2 fully saturated rings. The van der Waals surface area contributed by atoms with E-state index >= 15 is 0 Å². The van der Waals surface area contributed by atoms with Crippen molar-refractivity contribution in [2.75, 3.05) is 13.1 Å². The maximum absolute atomic E-state index is 13.2. The van der Waals surface area contributed by atoms with E-state index in [4.69, 9.17) is 4.74 Å². The van der Waals surface area contributed by atoms with Crippen molar-refractivity contribution in [1.29, 1.82) is 0 Å². The molecule has 2 aliphatic heterocycles. The van der Waals surface area contributed by atoms with E-state index in [2.05, 4.69) is 10.2 Å². The highest BCUT2D eigenvalue weighted by atomic mass is 19.1. The summed E-state index contributed by atoms with van der Waals surface area (Å²) >= 11 is 0. The van der Waals surface area contributed by atoms with Crippen molar-refractivity contribution < 1.29 is 19.0 Å². The van der Waals surface area contributed by atoms with Gasteiger partial charge in [-0.1, -0.05) is 6.42 Å². The molecular formula is C22H27FN4O3. The van der Waals surface area contributed by atoms with Crippen LogP contribution in [-0.4, -0.2) is 56.0 Å². The van der Waals surface area contributed by atoms with Crippen molar-refractivity contribution in [2.24, 2.45) is 11.8 Å². The van der Waals surface area contributed by atoms with E-state index in [1.165, 1.54) is 12.1 Å². The number of aromatic nitrogens is 3. The molecule has 1 N–H and O–H groups in total. The second-order valence-corrected chi connectivity index (χ2v) is 8.78. The number of rotatable bonds is 3. The number of amides is 1. The molecule has 8 heteroatoms. The molecule has 7 nitrogen and oxygen atoms in total. The number of ether oxygens (including phenoxy) is 1. The first-order valence-electron chi connectivity index (χ1n) is 10.9. The third-order valence-corrected chi connectivity index (χ3v) is 6.77. The third-order valence-electron chi connectivity index (χ3n) is 6.77. The Morgan fingerprint density at radius 3 is 2.63 bits per heavy atom. The van der Waals surface area contributed by atoms with Gasteiger partial charge in [-0.25, -0.2) is 4.39 Å². The highest BCUT2D eigenvalue weighted by molar-refractivity contribution is 5.91. The number of aliphatic hydroxyl groups excluding tert-OH is 1. The van der Waals surface area contributed by atoms with E-state index in [0.29, 0.717) is 37.5 Å². The summed E-state index contributed by atoms with van der Waals surface area (Å²) in [4.78, 5) is 15.1. The quantitative estimate of drug-likeness (QED) is 0.835. The predicted molar refractivity (Wildman–Crippen MR) is 107 cm³/mol. The maximum atomic E-state index is 13.2. The minimum absolute atomic E-state index is 0.0597. The zero-order chi connectivity index (χ0) is 20.7. The monoisotopic (exact) mass is 414 g/mol. The SMILES string of the molecule is O=C(c1nnc2n1CCCCC2)N1C[C@H]2C[C@@H](Oc3ccc(F)cc3)[C@H](O)C[C@H]2C1. The minimum Gasteiger partial charge on any atom is -0.488 e. The number of likely N-dealkylation sites (tertiary alicyclic amines) is 1. The Morgan fingerprint density at radius 1 is 1.07 bits per heavy atom. The van der Waals surface area contributed by atoms with Gasteiger partial charge in [-0.2, -0.15) is 0 Å². The number of fused-ring (bicyclic) bond motifs is 2. The zero-order valence-corrected chi connectivity index (χ0v) is 16.9. The molecule has 3 heterocycles. The average Bonchev–Trinajstić information content (AvgIpc) is 3.26. The largest absolute Gasteiger partial charge is 0.488 e. The third kappa shape index (κ3) is 3.69. The second kappa shape index (κ2) is 7.98. The summed E-state index contributed by atoms with van der Waals surface area (Å²) in [5.74, 6) is 2.06. The molecule has 0 unspecified atom stereocenters. The average molecular weight is 414 g/mol. The Morgan fingerprint density at radius 2 is 1.83 bits per heavy atom. The van der Waals surface area contributed by atoms with Crippen molar-refractivity contribution in [3.8, 4) is 5.75 Å². The van der Waals surface area contributed by atoms with Gasteiger partial charge in [-0.15, -0.1) is 10.2 Å². The van der Waals surface area contributed by atoms with E-state index < -0.39 is 6.10 Å². The molecule has 0 bridgehead atoms. The Hall–Kier alpha value is -2.48. The lowest BCUT2D eigenvalue weighted by molar-refractivity contribution is -0.0231. The lowest BCUT2D eigenvalue weighted by atomic mass is 9.78. The van der Waals surface area contributed by atoms with Gasteiger partial charge in [0.05, 0.1) is 6.10 Å². The Balaban J connectivity index is 1.26. The van der Waals surface area contributed by atoms with Crippen molar-refractivity contribution in [3.05, 3.63) is 41.7 Å². The molecule has 1 amide bonds. The van der Waals surface area contributed by atoms with Crippen molar-refractivity contribution >= 4 is 5.91 Å². The van der Waals surface area contributed by atoms with Crippen LogP contribution in [0.25, 0.3) is 0 Å². The number of carbonyl (C=O) groups is 1. The molecule has 0 radical (unpaired) electrons. The number of aliphatic hydroxyl groups is 1. The molecule has 1 aromatic heterocycles. The van der Waals surface area contributed by atoms with Crippen LogP contribution in [0, 0.1) is 17.7 Å². The molecule has 30 heavy (non-hydrogen) atoms. The number of carbonyl (C=O) groups excluding carboxylic acids is 1. The fourth-order valence-corrected chi connectivity index (χ4v) is 5.16. The second-order valence-electron chi connectivity index (χ2n) is 8.78. The van der Waals surface area contributed by atoms with Gasteiger partial charge in [0.15, 0.2) is 0 Å². The van der Waals surface area contributed by atoms with Crippen LogP contribution in [0.15, 0.2) is 24.3 Å². The van der Waals surface area contributed by atoms with E-state index in [1.54, 1.807) is 12.1 Å². The lowest BCUT2D eigenvalue weighted by Crippen LogP contribution is -2.42. The number of hydrogen-bond acceptors (Lipinski definition) is 5. The summed E-state index contributed by atoms with van der Waals surface area (Å²) in [6.07, 6.45) is 4.48. The minimum atomic E-state index is -0.601. The molecule has 5 rings (SSSR count). The summed E-state index contributed by atoms with van der Waals surface area (Å²) in [5, 5.41) is 19.1. The molecule has 0 spiro atoms. The smallest absolute Gasteiger partial charge is 0.291 e. The first-order valence-corrected chi connectivity index (χ1v) is 10.9. The fourth-order valence-electron chi connectivity index (χ4n) is 5.16. The molecule has 1 saturated carbocycles. The summed E-state index contributed by atoms with van der Waals surface area (Å²) in [5.41, 5.74) is 0. The predicted octanol–water partition coefficient (Wildman–Crippen LogP) is 2.43. The van der Waals surface area contributed by atoms with Crippen LogP contribution in [0.2, 0.25) is 0 Å². The molecule has 160 valence electrons. The van der Waals surface area contributed by atoms with Crippen LogP contribution in [0.1, 0.15) is 48.5 Å². The Bertz CT molecular complexity index is 916. The van der Waals surface area contributed by atoms with E-state index in [9.17, 15) is 14.3 Å². The van der Waals surface area contributed by atoms with Crippen LogP contribution in [0.5, 0.6) is 5.75 Å². The van der Waals surface area contributed by atoms with Crippen LogP contribution >= 0.6 is 0 Å². The Labute approximate surface area is 174 Å². The van der Waals surface area contributed by atoms with E-state index in [0.717, 1.165) is 38.1 Å². The van der Waals surface area contributed by atoms with Crippen LogP contribution in [-0.2, 0) is 13.0 Å². The van der Waals surface area contributed by atoms with E-state index in [-0.39, 0.29) is 29.7 Å². The van der Waals surface area contributed by atoms with E-state index in [1.807, 2.05) is 9.47 Å². The fraction of sp³-hybridized carbons (Fsp3) is 0.591. The van der Waals surface area contributed by atoms with Gasteiger partial charge >= 0.3 is 0 Å². The number of halogens is 1. The van der Waals surface area contributed by atoms with Gasteiger partial charge in [0, 0.05) is 26.1 Å². The van der Waals surface area contributed by atoms with Crippen molar-refractivity contribution in [3.63, 3.8) is 0 Å². The lowest BCUT2D eigenvalue weighted by Gasteiger charge is -2.35. The summed E-state index contributed by atoms with van der Waals surface area (Å²) < 4.78 is 21.1. The first kappa shape index (κ1) is 19.5. The number of aryl methyl sites for hydroxylation is 1. The van der Waals surface area contributed by atoms with Gasteiger partial charge in [-0.3, -0.25) is 4.79 Å². The number of hydrogen-bond donors (Lipinski definition) is 1.